The molecule has 0 bridgehead atoms. The van der Waals surface area contributed by atoms with Crippen LogP contribution in [0.5, 0.6) is 0 Å². The lowest BCUT2D eigenvalue weighted by Gasteiger charge is -2.15. The highest BCUT2D eigenvalue weighted by atomic mass is 16.3. The van der Waals surface area contributed by atoms with Gasteiger partial charge >= 0.3 is 0 Å². The highest BCUT2D eigenvalue weighted by Crippen LogP contribution is 2.26. The van der Waals surface area contributed by atoms with Crippen molar-refractivity contribution >= 4 is 11.7 Å². The quantitative estimate of drug-likeness (QED) is 0.850. The molecule has 2 aromatic rings. The van der Waals surface area contributed by atoms with Gasteiger partial charge in [0, 0.05) is 18.0 Å². The number of anilines is 1. The number of benzene rings is 1. The van der Waals surface area contributed by atoms with E-state index in [1.807, 2.05) is 36.4 Å². The van der Waals surface area contributed by atoms with Gasteiger partial charge in [-0.15, -0.1) is 0 Å². The monoisotopic (exact) mass is 330 g/mol. The summed E-state index contributed by atoms with van der Waals surface area (Å²) in [6, 6.07) is 11.6. The normalized spacial score (nSPS) is 11.8. The number of hydrogen-bond donors (Lipinski definition) is 2. The van der Waals surface area contributed by atoms with Crippen LogP contribution in [0.3, 0.4) is 0 Å². The van der Waals surface area contributed by atoms with Crippen molar-refractivity contribution in [2.24, 2.45) is 0 Å². The average molecular weight is 330 g/mol. The summed E-state index contributed by atoms with van der Waals surface area (Å²) >= 11 is 0. The van der Waals surface area contributed by atoms with Gasteiger partial charge in [0.05, 0.1) is 24.5 Å². The molecule has 0 saturated heterocycles. The Labute approximate surface area is 143 Å². The Morgan fingerprint density at radius 3 is 2.54 bits per heavy atom. The number of para-hydroxylation sites is 1. The van der Waals surface area contributed by atoms with Gasteiger partial charge in [-0.05, 0) is 19.2 Å². The lowest BCUT2D eigenvalue weighted by molar-refractivity contribution is -0.117. The Bertz CT molecular complexity index is 674. The molecular weight excluding hydrogens is 304 g/mol. The number of aliphatic hydroxyl groups excluding tert-OH is 1. The minimum Gasteiger partial charge on any atom is -0.395 e. The van der Waals surface area contributed by atoms with Gasteiger partial charge in [0.1, 0.15) is 5.82 Å². The van der Waals surface area contributed by atoms with Crippen LogP contribution in [0.1, 0.15) is 26.5 Å². The van der Waals surface area contributed by atoms with E-state index in [2.05, 4.69) is 31.2 Å². The van der Waals surface area contributed by atoms with Gasteiger partial charge in [0.15, 0.2) is 0 Å². The maximum Gasteiger partial charge on any atom is 0.239 e. The minimum atomic E-state index is -0.136. The Kier molecular flexibility index (Phi) is 5.75. The Morgan fingerprint density at radius 1 is 1.29 bits per heavy atom. The van der Waals surface area contributed by atoms with Crippen LogP contribution in [-0.4, -0.2) is 52.4 Å². The summed E-state index contributed by atoms with van der Waals surface area (Å²) in [4.78, 5) is 14.0. The number of carbonyl (C=O) groups excluding carboxylic acids is 1. The molecule has 0 aliphatic heterocycles. The second-order valence-corrected chi connectivity index (χ2v) is 6.92. The maximum absolute atomic E-state index is 12.3. The molecule has 1 amide bonds. The minimum absolute atomic E-state index is 0.0277. The molecular formula is C18H26N4O2. The highest BCUT2D eigenvalue weighted by molar-refractivity contribution is 5.91. The molecule has 0 aliphatic rings. The van der Waals surface area contributed by atoms with Crippen LogP contribution >= 0.6 is 0 Å². The molecule has 6 nitrogen and oxygen atoms in total. The first kappa shape index (κ1) is 18.2. The van der Waals surface area contributed by atoms with Crippen LogP contribution in [0.2, 0.25) is 0 Å². The summed E-state index contributed by atoms with van der Waals surface area (Å²) in [7, 11) is 1.80. The Morgan fingerprint density at radius 2 is 1.96 bits per heavy atom. The molecule has 1 aromatic carbocycles. The molecule has 0 atom stereocenters. The summed E-state index contributed by atoms with van der Waals surface area (Å²) in [5.41, 5.74) is 1.69. The first-order chi connectivity index (χ1) is 11.3. The van der Waals surface area contributed by atoms with E-state index in [4.69, 9.17) is 5.11 Å². The van der Waals surface area contributed by atoms with E-state index in [1.54, 1.807) is 16.6 Å². The van der Waals surface area contributed by atoms with Crippen molar-refractivity contribution in [3.8, 4) is 5.69 Å². The number of aliphatic hydroxyl groups is 1. The Balaban J connectivity index is 2.27. The van der Waals surface area contributed by atoms with Gasteiger partial charge in [-0.3, -0.25) is 9.69 Å². The summed E-state index contributed by atoms with van der Waals surface area (Å²) in [6.07, 6.45) is 0. The van der Waals surface area contributed by atoms with Crippen LogP contribution in [-0.2, 0) is 10.2 Å². The second-order valence-electron chi connectivity index (χ2n) is 6.92. The fourth-order valence-corrected chi connectivity index (χ4v) is 2.28. The topological polar surface area (TPSA) is 70.4 Å². The van der Waals surface area contributed by atoms with Gasteiger partial charge in [-0.2, -0.15) is 5.10 Å². The molecule has 0 radical (unpaired) electrons. The first-order valence-electron chi connectivity index (χ1n) is 8.06. The highest BCUT2D eigenvalue weighted by Gasteiger charge is 2.21. The van der Waals surface area contributed by atoms with Gasteiger partial charge in [0.2, 0.25) is 5.91 Å². The third-order valence-corrected chi connectivity index (χ3v) is 3.64. The predicted molar refractivity (Wildman–Crippen MR) is 95.5 cm³/mol. The van der Waals surface area contributed by atoms with Crippen molar-refractivity contribution < 1.29 is 9.90 Å². The number of nitrogens with one attached hydrogen (secondary N) is 1. The number of carbonyl (C=O) groups is 1. The number of rotatable bonds is 6. The van der Waals surface area contributed by atoms with E-state index in [1.165, 1.54) is 0 Å². The molecule has 24 heavy (non-hydrogen) atoms. The van der Waals surface area contributed by atoms with Crippen LogP contribution in [0.4, 0.5) is 5.82 Å². The van der Waals surface area contributed by atoms with Crippen LogP contribution < -0.4 is 5.32 Å². The van der Waals surface area contributed by atoms with E-state index in [-0.39, 0.29) is 24.5 Å². The third kappa shape index (κ3) is 4.66. The standard InChI is InChI=1S/C18H26N4O2/c1-18(2,3)15-12-16(19-17(24)13-21(4)10-11-23)22(20-15)14-8-6-5-7-9-14/h5-9,12,23H,10-11,13H2,1-4H3,(H,19,24). The zero-order valence-corrected chi connectivity index (χ0v) is 14.8. The molecule has 0 fully saturated rings. The summed E-state index contributed by atoms with van der Waals surface area (Å²) in [5.74, 6) is 0.511. The van der Waals surface area contributed by atoms with Gasteiger partial charge in [-0.1, -0.05) is 39.0 Å². The lowest BCUT2D eigenvalue weighted by Crippen LogP contribution is -2.32. The van der Waals surface area contributed by atoms with Crippen LogP contribution in [0.25, 0.3) is 5.69 Å². The van der Waals surface area contributed by atoms with Gasteiger partial charge in [-0.25, -0.2) is 4.68 Å². The van der Waals surface area contributed by atoms with E-state index < -0.39 is 0 Å². The van der Waals surface area contributed by atoms with Crippen LogP contribution in [0, 0.1) is 0 Å². The van der Waals surface area contributed by atoms with E-state index in [0.29, 0.717) is 12.4 Å². The largest absolute Gasteiger partial charge is 0.395 e. The van der Waals surface area contributed by atoms with Crippen molar-refractivity contribution in [2.45, 2.75) is 26.2 Å². The van der Waals surface area contributed by atoms with Gasteiger partial charge in [0.25, 0.3) is 0 Å². The molecule has 1 heterocycles. The second kappa shape index (κ2) is 7.59. The maximum atomic E-state index is 12.3. The summed E-state index contributed by atoms with van der Waals surface area (Å²) < 4.78 is 1.75. The number of hydrogen-bond acceptors (Lipinski definition) is 4. The van der Waals surface area contributed by atoms with Crippen molar-refractivity contribution in [1.82, 2.24) is 14.7 Å². The molecule has 130 valence electrons. The van der Waals surface area contributed by atoms with E-state index in [9.17, 15) is 4.79 Å². The van der Waals surface area contributed by atoms with Crippen LogP contribution in [0.15, 0.2) is 36.4 Å². The SMILES string of the molecule is CN(CCO)CC(=O)Nc1cc(C(C)(C)C)nn1-c1ccccc1. The first-order valence-corrected chi connectivity index (χ1v) is 8.06. The Hall–Kier alpha value is -2.18. The summed E-state index contributed by atoms with van der Waals surface area (Å²) in [5, 5.41) is 16.5. The molecule has 1 aromatic heterocycles. The molecule has 0 saturated carbocycles. The van der Waals surface area contributed by atoms with Crippen molar-refractivity contribution in [3.05, 3.63) is 42.1 Å². The molecule has 6 heteroatoms. The van der Waals surface area contributed by atoms with E-state index >= 15 is 0 Å². The summed E-state index contributed by atoms with van der Waals surface area (Å²) in [6.45, 7) is 6.96. The van der Waals surface area contributed by atoms with Crippen molar-refractivity contribution in [3.63, 3.8) is 0 Å². The van der Waals surface area contributed by atoms with Crippen molar-refractivity contribution in [1.29, 1.82) is 0 Å². The molecule has 2 N–H and O–H groups in total. The lowest BCUT2D eigenvalue weighted by atomic mass is 9.92. The zero-order chi connectivity index (χ0) is 17.7. The van der Waals surface area contributed by atoms with Gasteiger partial charge < -0.3 is 10.4 Å². The average Bonchev–Trinajstić information content (AvgIpc) is 2.92. The number of aromatic nitrogens is 2. The fourth-order valence-electron chi connectivity index (χ4n) is 2.28. The zero-order valence-electron chi connectivity index (χ0n) is 14.8. The molecule has 0 spiro atoms. The number of likely N-dealkylation sites (N-methyl/N-ethyl adjacent to an activating group) is 1. The van der Waals surface area contributed by atoms with Crippen molar-refractivity contribution in [2.75, 3.05) is 32.1 Å². The third-order valence-electron chi connectivity index (χ3n) is 3.64. The number of amides is 1. The smallest absolute Gasteiger partial charge is 0.239 e. The fraction of sp³-hybridized carbons (Fsp3) is 0.444. The molecule has 0 unspecified atom stereocenters. The van der Waals surface area contributed by atoms with E-state index in [0.717, 1.165) is 11.4 Å². The molecule has 0 aliphatic carbocycles. The molecule has 2 rings (SSSR count). The number of nitrogens with zero attached hydrogens (tertiary/aromatic N) is 3. The predicted octanol–water partition coefficient (Wildman–Crippen LogP) is 2.03.